The third-order valence-corrected chi connectivity index (χ3v) is 7.93. The fourth-order valence-corrected chi connectivity index (χ4v) is 5.45. The Kier molecular flexibility index (Phi) is 9.21. The molecule has 0 aliphatic carbocycles. The summed E-state index contributed by atoms with van der Waals surface area (Å²) in [4.78, 5) is 42.5. The number of alkyl halides is 5. The highest BCUT2D eigenvalue weighted by atomic mass is 79.9. The van der Waals surface area contributed by atoms with Crippen molar-refractivity contribution in [2.24, 2.45) is 13.0 Å². The van der Waals surface area contributed by atoms with Crippen molar-refractivity contribution in [1.82, 2.24) is 24.0 Å². The van der Waals surface area contributed by atoms with Crippen molar-refractivity contribution >= 4 is 39.0 Å². The molecule has 0 saturated carbocycles. The van der Waals surface area contributed by atoms with Crippen LogP contribution in [0.4, 0.5) is 27.9 Å². The van der Waals surface area contributed by atoms with E-state index in [1.165, 1.54) is 35.9 Å². The largest absolute Gasteiger partial charge is 0.490 e. The Labute approximate surface area is 250 Å². The predicted molar refractivity (Wildman–Crippen MR) is 153 cm³/mol. The molecule has 0 amide bonds. The van der Waals surface area contributed by atoms with E-state index in [1.807, 2.05) is 19.9 Å². The topological polar surface area (TPSA) is 114 Å². The molecule has 5 rings (SSSR count). The van der Waals surface area contributed by atoms with Crippen LogP contribution in [-0.2, 0) is 30.9 Å². The molecule has 10 nitrogen and oxygen atoms in total. The predicted octanol–water partition coefficient (Wildman–Crippen LogP) is 3.85. The lowest BCUT2D eigenvalue weighted by Gasteiger charge is -2.20. The number of carboxylic acid groups (broad SMARTS) is 1. The molecule has 2 fully saturated rings. The highest BCUT2D eigenvalue weighted by molar-refractivity contribution is 9.10. The van der Waals surface area contributed by atoms with Crippen LogP contribution in [0.25, 0.3) is 11.2 Å². The van der Waals surface area contributed by atoms with Crippen molar-refractivity contribution in [2.45, 2.75) is 51.5 Å². The van der Waals surface area contributed by atoms with Crippen molar-refractivity contribution in [3.05, 3.63) is 66.8 Å². The van der Waals surface area contributed by atoms with Gasteiger partial charge in [0, 0.05) is 42.8 Å². The van der Waals surface area contributed by atoms with E-state index < -0.39 is 35.9 Å². The third kappa shape index (κ3) is 6.84. The summed E-state index contributed by atoms with van der Waals surface area (Å²) in [6, 6.07) is 5.94. The lowest BCUT2D eigenvalue weighted by Crippen LogP contribution is -2.43. The number of halogens is 6. The maximum absolute atomic E-state index is 15.2. The lowest BCUT2D eigenvalue weighted by atomic mass is 10.1. The minimum absolute atomic E-state index is 0.154. The Bertz CT molecular complexity index is 1650. The second-order valence-electron chi connectivity index (χ2n) is 10.7. The van der Waals surface area contributed by atoms with Crippen LogP contribution in [0, 0.1) is 5.92 Å². The van der Waals surface area contributed by atoms with Gasteiger partial charge in [-0.2, -0.15) is 26.9 Å². The number of hydrogen-bond donors (Lipinski definition) is 2. The standard InChI is InChI=1S/C25H29BrF2N6O2.C2HF3O2/c1-15(2)9-11-33-20-21(30-23(33)32-12-16-8-10-29-19(16)13-32)31(3)24(36)34(22(20)35)14-25(27,28)17-4-6-18(26)7-5-17;3-2(4,5)1(6)7/h4-7,9,16,19,29H,8,10-14H2,1-3H3;(H,6,7)/t16-,19+;/m1./s1. The van der Waals surface area contributed by atoms with Crippen LogP contribution in [0.2, 0.25) is 0 Å². The Balaban J connectivity index is 0.000000541. The van der Waals surface area contributed by atoms with Gasteiger partial charge in [0.05, 0.1) is 6.54 Å². The summed E-state index contributed by atoms with van der Waals surface area (Å²) in [6.45, 7) is 5.72. The van der Waals surface area contributed by atoms with Crippen LogP contribution >= 0.6 is 15.9 Å². The number of imidazole rings is 1. The highest BCUT2D eigenvalue weighted by Crippen LogP contribution is 2.32. The zero-order valence-corrected chi connectivity index (χ0v) is 25.0. The van der Waals surface area contributed by atoms with Gasteiger partial charge in [0.1, 0.15) is 0 Å². The molecule has 0 unspecified atom stereocenters. The molecule has 0 spiro atoms. The summed E-state index contributed by atoms with van der Waals surface area (Å²) in [5, 5.41) is 10.6. The number of benzene rings is 1. The molecule has 1 aromatic carbocycles. The number of allylic oxidation sites excluding steroid dienone is 2. The van der Waals surface area contributed by atoms with Crippen molar-refractivity contribution in [3.8, 4) is 0 Å². The molecule has 2 atom stereocenters. The summed E-state index contributed by atoms with van der Waals surface area (Å²) in [7, 11) is 1.47. The Morgan fingerprint density at radius 3 is 2.30 bits per heavy atom. The summed E-state index contributed by atoms with van der Waals surface area (Å²) >= 11 is 3.24. The van der Waals surface area contributed by atoms with Crippen LogP contribution in [0.15, 0.2) is 50.0 Å². The van der Waals surface area contributed by atoms with E-state index in [9.17, 15) is 22.8 Å². The average molecular weight is 677 g/mol. The van der Waals surface area contributed by atoms with Gasteiger partial charge in [0.15, 0.2) is 11.2 Å². The molecule has 2 saturated heterocycles. The molecule has 43 heavy (non-hydrogen) atoms. The number of aliphatic carboxylic acids is 1. The number of aromatic nitrogens is 4. The van der Waals surface area contributed by atoms with E-state index in [-0.39, 0.29) is 16.7 Å². The van der Waals surface area contributed by atoms with Gasteiger partial charge in [0.25, 0.3) is 11.5 Å². The number of anilines is 1. The fourth-order valence-electron chi connectivity index (χ4n) is 5.18. The highest BCUT2D eigenvalue weighted by Gasteiger charge is 2.39. The first-order chi connectivity index (χ1) is 20.0. The van der Waals surface area contributed by atoms with Crippen LogP contribution in [-0.4, -0.2) is 61.6 Å². The van der Waals surface area contributed by atoms with Gasteiger partial charge in [-0.1, -0.05) is 39.7 Å². The molecule has 16 heteroatoms. The third-order valence-electron chi connectivity index (χ3n) is 7.41. The van der Waals surface area contributed by atoms with Gasteiger partial charge in [-0.15, -0.1) is 0 Å². The van der Waals surface area contributed by atoms with E-state index in [0.29, 0.717) is 33.5 Å². The molecule has 3 aromatic rings. The number of carbonyl (C=O) groups is 1. The number of carboxylic acids is 1. The smallest absolute Gasteiger partial charge is 0.475 e. The quantitative estimate of drug-likeness (QED) is 0.301. The van der Waals surface area contributed by atoms with E-state index in [2.05, 4.69) is 26.1 Å². The monoisotopic (exact) mass is 676 g/mol. The van der Waals surface area contributed by atoms with Gasteiger partial charge >= 0.3 is 17.8 Å². The van der Waals surface area contributed by atoms with Gasteiger partial charge in [-0.25, -0.2) is 9.59 Å². The average Bonchev–Trinajstić information content (AvgIpc) is 3.62. The second-order valence-corrected chi connectivity index (χ2v) is 11.7. The number of fused-ring (bicyclic) bond motifs is 2. The van der Waals surface area contributed by atoms with Crippen molar-refractivity contribution in [2.75, 3.05) is 24.5 Å². The van der Waals surface area contributed by atoms with Crippen LogP contribution in [0.5, 0.6) is 0 Å². The van der Waals surface area contributed by atoms with Crippen LogP contribution < -0.4 is 21.5 Å². The molecule has 0 bridgehead atoms. The number of hydrogen-bond acceptors (Lipinski definition) is 6. The van der Waals surface area contributed by atoms with Crippen molar-refractivity contribution in [1.29, 1.82) is 0 Å². The minimum Gasteiger partial charge on any atom is -0.475 e. The molecule has 234 valence electrons. The Morgan fingerprint density at radius 1 is 1.12 bits per heavy atom. The Morgan fingerprint density at radius 2 is 1.74 bits per heavy atom. The second kappa shape index (κ2) is 12.2. The molecule has 2 aliphatic heterocycles. The molecular formula is C27H30BrF5N6O4. The fraction of sp³-hybridized carbons (Fsp3) is 0.481. The van der Waals surface area contributed by atoms with Gasteiger partial charge in [0.2, 0.25) is 5.95 Å². The van der Waals surface area contributed by atoms with Crippen LogP contribution in [0.1, 0.15) is 25.8 Å². The number of aryl methyl sites for hydroxylation is 1. The maximum atomic E-state index is 15.2. The minimum atomic E-state index is -5.08. The molecule has 2 N–H and O–H groups in total. The first-order valence-corrected chi connectivity index (χ1v) is 14.1. The summed E-state index contributed by atoms with van der Waals surface area (Å²) in [5.41, 5.74) is -0.438. The number of nitrogens with zero attached hydrogens (tertiary/aromatic N) is 5. The lowest BCUT2D eigenvalue weighted by molar-refractivity contribution is -0.192. The number of rotatable bonds is 6. The molecular weight excluding hydrogens is 647 g/mol. The van der Waals surface area contributed by atoms with Crippen molar-refractivity contribution in [3.63, 3.8) is 0 Å². The number of nitrogens with one attached hydrogen (secondary N) is 1. The van der Waals surface area contributed by atoms with E-state index in [4.69, 9.17) is 14.9 Å². The summed E-state index contributed by atoms with van der Waals surface area (Å²) in [6.07, 6.45) is -2.04. The Hall–Kier alpha value is -3.53. The molecule has 0 radical (unpaired) electrons. The SMILES string of the molecule is CC(C)=CCn1c(N2C[C@H]3CCN[C@H]3C2)nc2c1c(=O)n(CC(F)(F)c1ccc(Br)cc1)c(=O)n2C.O=C(O)C(F)(F)F. The molecule has 2 aromatic heterocycles. The summed E-state index contributed by atoms with van der Waals surface area (Å²) < 4.78 is 66.5. The van der Waals surface area contributed by atoms with Gasteiger partial charge in [-0.05, 0) is 44.9 Å². The summed E-state index contributed by atoms with van der Waals surface area (Å²) in [5.74, 6) is -5.10. The zero-order valence-electron chi connectivity index (χ0n) is 23.5. The first kappa shape index (κ1) is 32.4. The van der Waals surface area contributed by atoms with E-state index in [1.54, 1.807) is 4.57 Å². The normalized spacial score (nSPS) is 18.4. The van der Waals surface area contributed by atoms with E-state index in [0.717, 1.165) is 31.6 Å². The van der Waals surface area contributed by atoms with E-state index >= 15 is 8.78 Å². The van der Waals surface area contributed by atoms with Crippen molar-refractivity contribution < 1.29 is 31.9 Å². The van der Waals surface area contributed by atoms with Crippen LogP contribution in [0.3, 0.4) is 0 Å². The molecule has 2 aliphatic rings. The molecule has 4 heterocycles. The van der Waals surface area contributed by atoms with Gasteiger partial charge in [-0.3, -0.25) is 13.9 Å². The maximum Gasteiger partial charge on any atom is 0.490 e. The first-order valence-electron chi connectivity index (χ1n) is 13.3. The van der Waals surface area contributed by atoms with Gasteiger partial charge < -0.3 is 19.9 Å². The zero-order chi connectivity index (χ0) is 31.9.